The van der Waals surface area contributed by atoms with Crippen molar-refractivity contribution in [3.63, 3.8) is 0 Å². The molecular weight excluding hydrogens is 440 g/mol. The largest absolute Gasteiger partial charge is 0.329 e. The van der Waals surface area contributed by atoms with E-state index in [0.29, 0.717) is 12.1 Å². The monoisotopic (exact) mass is 450 g/mol. The maximum Gasteiger partial charge on any atom is 0.329 e. The quantitative estimate of drug-likeness (QED) is 0.248. The minimum atomic E-state index is -1.41. The molecule has 0 bridgehead atoms. The molecule has 0 unspecified atom stereocenters. The van der Waals surface area contributed by atoms with Gasteiger partial charge in [-0.3, -0.25) is 71.7 Å². The van der Waals surface area contributed by atoms with E-state index in [1.165, 1.54) is 0 Å². The van der Waals surface area contributed by atoms with E-state index in [1.54, 1.807) is 10.9 Å². The summed E-state index contributed by atoms with van der Waals surface area (Å²) >= 11 is 0. The molecule has 0 aliphatic carbocycles. The molecule has 0 aromatic heterocycles. The zero-order valence-electron chi connectivity index (χ0n) is 15.3. The Morgan fingerprint density at radius 1 is 0.594 bits per heavy atom. The van der Waals surface area contributed by atoms with Crippen LogP contribution in [0.2, 0.25) is 0 Å². The first-order valence-electron chi connectivity index (χ1n) is 7.99. The van der Waals surface area contributed by atoms with Crippen LogP contribution < -0.4 is 21.7 Å². The smallest absolute Gasteiger partial charge is 0.292 e. The van der Waals surface area contributed by atoms with E-state index in [0.717, 1.165) is 24.3 Å². The summed E-state index contributed by atoms with van der Waals surface area (Å²) in [4.78, 5) is 63.5. The number of hydrazine groups is 2. The van der Waals surface area contributed by atoms with Crippen molar-refractivity contribution in [1.82, 2.24) is 10.9 Å². The van der Waals surface area contributed by atoms with Crippen molar-refractivity contribution in [2.24, 2.45) is 0 Å². The fourth-order valence-corrected chi connectivity index (χ4v) is 2.14. The van der Waals surface area contributed by atoms with Crippen molar-refractivity contribution in [1.29, 1.82) is 0 Å². The molecule has 0 heterocycles. The zero-order chi connectivity index (χ0) is 24.0. The highest BCUT2D eigenvalue weighted by atomic mass is 16.6. The minimum Gasteiger partial charge on any atom is -0.292 e. The highest BCUT2D eigenvalue weighted by molar-refractivity contribution is 6.35. The zero-order valence-corrected chi connectivity index (χ0v) is 15.3. The summed E-state index contributed by atoms with van der Waals surface area (Å²) in [7, 11) is 0. The van der Waals surface area contributed by atoms with Gasteiger partial charge in [0.25, 0.3) is 11.4 Å². The van der Waals surface area contributed by atoms with Gasteiger partial charge in [-0.25, -0.2) is 0 Å². The fraction of sp³-hybridized carbons (Fsp3) is 0. The second-order valence-electron chi connectivity index (χ2n) is 5.59. The number of hydrogen-bond donors (Lipinski definition) is 4. The molecule has 2 rings (SSSR count). The molecule has 0 fully saturated rings. The number of carbonyl (C=O) groups excluding carboxylic acids is 2. The molecule has 18 nitrogen and oxygen atoms in total. The number of rotatable bonds is 8. The molecule has 0 spiro atoms. The Labute approximate surface area is 174 Å². The number of amides is 2. The predicted octanol–water partition coefficient (Wildman–Crippen LogP) is 0.906. The second-order valence-corrected chi connectivity index (χ2v) is 5.59. The summed E-state index contributed by atoms with van der Waals surface area (Å²) in [5, 5.41) is 43.5. The van der Waals surface area contributed by atoms with E-state index >= 15 is 0 Å². The van der Waals surface area contributed by atoms with Crippen molar-refractivity contribution >= 4 is 45.9 Å². The summed E-state index contributed by atoms with van der Waals surface area (Å²) in [6, 6.07) is 4.93. The lowest BCUT2D eigenvalue weighted by atomic mass is 10.2. The molecule has 166 valence electrons. The predicted molar refractivity (Wildman–Crippen MR) is 103 cm³/mol. The van der Waals surface area contributed by atoms with E-state index in [2.05, 4.69) is 10.9 Å². The molecule has 0 radical (unpaired) electrons. The first-order valence-corrected chi connectivity index (χ1v) is 7.99. The van der Waals surface area contributed by atoms with Crippen LogP contribution in [0.3, 0.4) is 0 Å². The standard InChI is InChI=1S/C14H10N8O10/c23-13(17-15-9-3-1-7(19(25)26)5-11(9)21(29)30)14(24)18-16-10-4-2-8(20(27)28)6-12(10)22(31)32/h1-6,15-16H,(H,17,23)(H,18,24). The number of benzene rings is 2. The number of non-ortho nitro benzene ring substituents is 2. The first-order chi connectivity index (χ1) is 15.0. The summed E-state index contributed by atoms with van der Waals surface area (Å²) < 4.78 is 0. The second kappa shape index (κ2) is 9.39. The van der Waals surface area contributed by atoms with E-state index in [1.807, 2.05) is 0 Å². The highest BCUT2D eigenvalue weighted by Gasteiger charge is 2.23. The number of nitro groups is 4. The average Bonchev–Trinajstić information content (AvgIpc) is 2.74. The topological polar surface area (TPSA) is 255 Å². The molecular formula is C14H10N8O10. The fourth-order valence-electron chi connectivity index (χ4n) is 2.14. The summed E-state index contributed by atoms with van der Waals surface area (Å²) in [5.74, 6) is -2.82. The maximum atomic E-state index is 11.8. The van der Waals surface area contributed by atoms with Crippen molar-refractivity contribution in [3.8, 4) is 0 Å². The summed E-state index contributed by atoms with van der Waals surface area (Å²) in [6.07, 6.45) is 0. The highest BCUT2D eigenvalue weighted by Crippen LogP contribution is 2.29. The van der Waals surface area contributed by atoms with E-state index < -0.39 is 54.3 Å². The van der Waals surface area contributed by atoms with E-state index in [-0.39, 0.29) is 11.4 Å². The molecule has 4 N–H and O–H groups in total. The van der Waals surface area contributed by atoms with E-state index in [9.17, 15) is 50.0 Å². The van der Waals surface area contributed by atoms with Crippen LogP contribution in [0.25, 0.3) is 0 Å². The first kappa shape index (κ1) is 22.9. The molecule has 0 atom stereocenters. The van der Waals surface area contributed by atoms with Gasteiger partial charge in [-0.1, -0.05) is 0 Å². The van der Waals surface area contributed by atoms with Crippen molar-refractivity contribution < 1.29 is 29.3 Å². The Balaban J connectivity index is 2.05. The van der Waals surface area contributed by atoms with Crippen molar-refractivity contribution in [2.45, 2.75) is 0 Å². The summed E-state index contributed by atoms with van der Waals surface area (Å²) in [5.41, 5.74) is 4.27. The number of carbonyl (C=O) groups is 2. The van der Waals surface area contributed by atoms with Crippen LogP contribution in [0.15, 0.2) is 36.4 Å². The Hall–Kier alpha value is -5.42. The molecule has 2 amide bonds. The number of hydrogen-bond acceptors (Lipinski definition) is 12. The number of nitrogens with zero attached hydrogens (tertiary/aromatic N) is 4. The molecule has 2 aromatic rings. The number of nitro benzene ring substituents is 4. The van der Waals surface area contributed by atoms with Crippen LogP contribution in [-0.4, -0.2) is 31.5 Å². The van der Waals surface area contributed by atoms with Crippen LogP contribution in [0.1, 0.15) is 0 Å². The van der Waals surface area contributed by atoms with Gasteiger partial charge in [0, 0.05) is 12.1 Å². The van der Waals surface area contributed by atoms with Gasteiger partial charge in [-0.15, -0.1) is 0 Å². The Morgan fingerprint density at radius 2 is 0.938 bits per heavy atom. The van der Waals surface area contributed by atoms with Crippen molar-refractivity contribution in [3.05, 3.63) is 76.9 Å². The Kier molecular flexibility index (Phi) is 6.71. The molecule has 0 aliphatic rings. The average molecular weight is 450 g/mol. The van der Waals surface area contributed by atoms with Crippen LogP contribution in [0.4, 0.5) is 34.1 Å². The van der Waals surface area contributed by atoms with Gasteiger partial charge < -0.3 is 0 Å². The third kappa shape index (κ3) is 5.34. The molecule has 0 aliphatic heterocycles. The molecule has 2 aromatic carbocycles. The minimum absolute atomic E-state index is 0.374. The summed E-state index contributed by atoms with van der Waals surface area (Å²) in [6.45, 7) is 0. The van der Waals surface area contributed by atoms with Gasteiger partial charge in [0.05, 0.1) is 31.8 Å². The Morgan fingerprint density at radius 3 is 1.22 bits per heavy atom. The SMILES string of the molecule is O=C(NNc1ccc([N+](=O)[O-])cc1[N+](=O)[O-])C(=O)NNc1ccc([N+](=O)[O-])cc1[N+](=O)[O-]. The molecule has 32 heavy (non-hydrogen) atoms. The lowest BCUT2D eigenvalue weighted by molar-refractivity contribution is -0.393. The lowest BCUT2D eigenvalue weighted by Gasteiger charge is -2.10. The van der Waals surface area contributed by atoms with Crippen LogP contribution in [0.5, 0.6) is 0 Å². The normalized spacial score (nSPS) is 9.88. The lowest BCUT2D eigenvalue weighted by Crippen LogP contribution is -2.44. The van der Waals surface area contributed by atoms with Crippen LogP contribution in [0, 0.1) is 40.5 Å². The third-order valence-electron chi connectivity index (χ3n) is 3.61. The van der Waals surface area contributed by atoms with Gasteiger partial charge in [0.15, 0.2) is 0 Å². The van der Waals surface area contributed by atoms with Gasteiger partial charge in [0.2, 0.25) is 0 Å². The van der Waals surface area contributed by atoms with Crippen LogP contribution in [-0.2, 0) is 9.59 Å². The van der Waals surface area contributed by atoms with E-state index in [4.69, 9.17) is 0 Å². The third-order valence-corrected chi connectivity index (χ3v) is 3.61. The van der Waals surface area contributed by atoms with Gasteiger partial charge >= 0.3 is 23.2 Å². The van der Waals surface area contributed by atoms with Crippen LogP contribution >= 0.6 is 0 Å². The molecule has 0 saturated heterocycles. The number of anilines is 2. The molecule has 18 heteroatoms. The number of nitrogens with one attached hydrogen (secondary N) is 4. The van der Waals surface area contributed by atoms with Gasteiger partial charge in [0.1, 0.15) is 11.4 Å². The van der Waals surface area contributed by atoms with Crippen molar-refractivity contribution in [2.75, 3.05) is 10.9 Å². The Bertz CT molecular complexity index is 1060. The maximum absolute atomic E-state index is 11.8. The molecule has 0 saturated carbocycles. The van der Waals surface area contributed by atoms with Gasteiger partial charge in [-0.05, 0) is 12.1 Å². The van der Waals surface area contributed by atoms with Gasteiger partial charge in [-0.2, -0.15) is 0 Å².